The zero-order valence-corrected chi connectivity index (χ0v) is 25.0. The van der Waals surface area contributed by atoms with Crippen LogP contribution in [-0.4, -0.2) is 26.1 Å². The molecular formula is C20H20NO5ReRf-. The molecule has 0 unspecified atom stereocenters. The van der Waals surface area contributed by atoms with E-state index in [0.717, 1.165) is 5.56 Å². The Balaban J connectivity index is 0.00000364. The van der Waals surface area contributed by atoms with Crippen LogP contribution < -0.4 is 14.8 Å². The maximum Gasteiger partial charge on any atom is 0.308 e. The Morgan fingerprint density at radius 3 is 2.36 bits per heavy atom. The zero-order valence-electron chi connectivity index (χ0n) is 15.9. The minimum absolute atomic E-state index is 0. The van der Waals surface area contributed by atoms with Gasteiger partial charge in [-0.1, -0.05) is 18.2 Å². The largest absolute Gasteiger partial charge is 0.634 e. The Bertz CT molecular complexity index is 826. The Morgan fingerprint density at radius 1 is 1.04 bits per heavy atom. The van der Waals surface area contributed by atoms with Crippen molar-refractivity contribution < 1.29 is 44.2 Å². The van der Waals surface area contributed by atoms with Crippen molar-refractivity contribution in [2.24, 2.45) is 0 Å². The number of amides is 1. The van der Waals surface area contributed by atoms with Gasteiger partial charge in [0, 0.05) is 26.5 Å². The number of esters is 1. The number of nitrogens with one attached hydrogen (secondary N) is 1. The van der Waals surface area contributed by atoms with E-state index in [-0.39, 0.29) is 31.9 Å². The minimum atomic E-state index is -0.535. The van der Waals surface area contributed by atoms with Crippen LogP contribution in [0.4, 0.5) is 5.69 Å². The molecule has 0 atom stereocenters. The summed E-state index contributed by atoms with van der Waals surface area (Å²) < 4.78 is 15.3. The average Bonchev–Trinajstić information content (AvgIpc) is 2.66. The Labute approximate surface area is 172 Å². The van der Waals surface area contributed by atoms with Gasteiger partial charge in [0.2, 0.25) is 5.91 Å². The van der Waals surface area contributed by atoms with Crippen LogP contribution in [0.1, 0.15) is 22.8 Å². The molecule has 0 bridgehead atoms. The van der Waals surface area contributed by atoms with Crippen molar-refractivity contribution in [3.05, 3.63) is 66.3 Å². The third-order valence-electron chi connectivity index (χ3n) is 3.46. The summed E-state index contributed by atoms with van der Waals surface area (Å²) in [7, 11) is 3.10. The predicted octanol–water partition coefficient (Wildman–Crippen LogP) is 3.69. The predicted molar refractivity (Wildman–Crippen MR) is 99.0 cm³/mol. The van der Waals surface area contributed by atoms with Crippen LogP contribution in [0.25, 0.3) is 6.08 Å². The molecule has 2 aromatic carbocycles. The summed E-state index contributed by atoms with van der Waals surface area (Å²) in [6.45, 7) is 2.89. The topological polar surface area (TPSA) is 73.9 Å². The molecule has 8 heteroatoms. The summed E-state index contributed by atoms with van der Waals surface area (Å²) in [5.41, 5.74) is 1.42. The van der Waals surface area contributed by atoms with Crippen LogP contribution in [0.3, 0.4) is 0 Å². The van der Waals surface area contributed by atoms with Gasteiger partial charge in [-0.3, -0.25) is 4.79 Å². The van der Waals surface area contributed by atoms with Crippen molar-refractivity contribution in [1.82, 2.24) is 0 Å². The Kier molecular flexibility index (Phi) is 10.4. The fourth-order valence-electron chi connectivity index (χ4n) is 2.24. The number of para-hydroxylation sites is 1. The number of carbonyl (C=O) groups excluding carboxylic acids is 2. The Morgan fingerprint density at radius 2 is 1.71 bits per heavy atom. The molecule has 0 aliphatic rings. The third-order valence-corrected chi connectivity index (χ3v) is 3.46. The van der Waals surface area contributed by atoms with Crippen molar-refractivity contribution in [3.8, 4) is 11.5 Å². The number of hydrogen-bond donors (Lipinski definition) is 1. The summed E-state index contributed by atoms with van der Waals surface area (Å²) in [4.78, 5) is 24.1. The van der Waals surface area contributed by atoms with E-state index in [2.05, 4.69) is 5.32 Å². The van der Waals surface area contributed by atoms with Crippen molar-refractivity contribution in [1.29, 1.82) is 0 Å². The fourth-order valence-corrected chi connectivity index (χ4v) is 2.24. The van der Waals surface area contributed by atoms with Crippen LogP contribution in [0.2, 0.25) is 0 Å². The van der Waals surface area contributed by atoms with Gasteiger partial charge in [0.25, 0.3) is 0 Å². The van der Waals surface area contributed by atoms with E-state index in [1.165, 1.54) is 12.7 Å². The van der Waals surface area contributed by atoms with Crippen LogP contribution in [0.15, 0.2) is 48.5 Å². The summed E-state index contributed by atoms with van der Waals surface area (Å²) in [5.74, 6) is 0.265. The summed E-state index contributed by atoms with van der Waals surface area (Å²) >= 11 is 0. The van der Waals surface area contributed by atoms with Gasteiger partial charge in [-0.15, -0.1) is 0 Å². The molecule has 0 aromatic heterocycles. The molecule has 0 aliphatic heterocycles. The van der Waals surface area contributed by atoms with Gasteiger partial charge in [0.15, 0.2) is 11.5 Å². The molecular weight excluding hydrogens is 787 g/mol. The van der Waals surface area contributed by atoms with Crippen molar-refractivity contribution in [3.63, 3.8) is 0 Å². The van der Waals surface area contributed by atoms with Gasteiger partial charge in [-0.05, 0) is 35.9 Å². The molecule has 1 radical (unpaired) electrons. The normalized spacial score (nSPS) is 9.68. The maximum atomic E-state index is 12.2. The molecule has 6 nitrogen and oxygen atoms in total. The summed E-state index contributed by atoms with van der Waals surface area (Å²) in [5, 5.41) is 2.67. The van der Waals surface area contributed by atoms with E-state index in [1.807, 2.05) is 0 Å². The van der Waals surface area contributed by atoms with Gasteiger partial charge >= 0.3 is 5.97 Å². The summed E-state index contributed by atoms with van der Waals surface area (Å²) in [6, 6.07) is 11.9. The number of hydrogen-bond acceptors (Lipinski definition) is 5. The second-order valence-electron chi connectivity index (χ2n) is 5.12. The minimum Gasteiger partial charge on any atom is -0.634 e. The van der Waals surface area contributed by atoms with E-state index in [9.17, 15) is 9.59 Å². The summed E-state index contributed by atoms with van der Waals surface area (Å²) in [6.07, 6.45) is 3.01. The zero-order chi connectivity index (χ0) is 18.9. The van der Waals surface area contributed by atoms with Crippen molar-refractivity contribution in [2.75, 3.05) is 19.5 Å². The molecule has 28 heavy (non-hydrogen) atoms. The quantitative estimate of drug-likeness (QED) is 0.263. The van der Waals surface area contributed by atoms with Gasteiger partial charge in [0.1, 0.15) is 0 Å². The number of anilines is 1. The van der Waals surface area contributed by atoms with Gasteiger partial charge < -0.3 is 19.5 Å². The molecule has 0 aliphatic carbocycles. The maximum absolute atomic E-state index is 12.2. The van der Waals surface area contributed by atoms with Gasteiger partial charge in [-0.2, -0.15) is 13.5 Å². The van der Waals surface area contributed by atoms with E-state index in [1.54, 1.807) is 69.7 Å². The number of rotatable bonds is 7. The second-order valence-corrected chi connectivity index (χ2v) is 5.12. The smallest absolute Gasteiger partial charge is 0.308 e. The third kappa shape index (κ3) is 6.28. The van der Waals surface area contributed by atoms with Gasteiger partial charge in [0.05, 0.1) is 25.5 Å². The molecule has 145 valence electrons. The first kappa shape index (κ1) is 24.4. The molecule has 0 saturated heterocycles. The van der Waals surface area contributed by atoms with E-state index in [4.69, 9.17) is 14.2 Å². The monoisotopic (exact) mass is 808 g/mol. The molecule has 0 saturated carbocycles. The fraction of sp³-hybridized carbons (Fsp3) is 0.150. The van der Waals surface area contributed by atoms with Crippen LogP contribution >= 0.6 is 0 Å². The first-order valence-electron chi connectivity index (χ1n) is 7.88. The van der Waals surface area contributed by atoms with Crippen molar-refractivity contribution >= 4 is 23.6 Å². The molecule has 0 heterocycles. The number of methoxy groups -OCH3 is 2. The van der Waals surface area contributed by atoms with E-state index < -0.39 is 5.97 Å². The Hall–Kier alpha value is -3.62. The van der Waals surface area contributed by atoms with E-state index in [0.29, 0.717) is 17.2 Å². The van der Waals surface area contributed by atoms with Crippen LogP contribution in [0, 0.1) is 6.61 Å². The van der Waals surface area contributed by atoms with Gasteiger partial charge in [-0.25, -0.2) is 4.79 Å². The molecule has 1 N–H and O–H groups in total. The SMILES string of the molecule is C[CH-]OC(=O)c1ccccc1NC(=O)/C=C/c1ccc(OC)c(OC)c1.[Re].[Rf]. The molecule has 0 fully saturated rings. The first-order chi connectivity index (χ1) is 12.6. The molecule has 2 rings (SSSR count). The van der Waals surface area contributed by atoms with E-state index >= 15 is 0 Å². The second kappa shape index (κ2) is 11.9. The van der Waals surface area contributed by atoms with Crippen LogP contribution in [0.5, 0.6) is 11.5 Å². The average molecular weight is 808 g/mol. The number of benzene rings is 2. The number of ether oxygens (including phenoxy) is 3. The molecule has 1 amide bonds. The van der Waals surface area contributed by atoms with Crippen LogP contribution in [-0.2, 0) is 30.0 Å². The molecule has 2 aromatic rings. The first-order valence-corrected chi connectivity index (χ1v) is 7.88. The molecule has 0 spiro atoms. The number of carbonyl (C=O) groups is 2. The van der Waals surface area contributed by atoms with Crippen molar-refractivity contribution in [2.45, 2.75) is 6.92 Å². The standard InChI is InChI=1S/C20H20NO5.Re.Rf/c1-4-26-20(23)15-7-5-6-8-16(15)21-19(22)12-10-14-9-11-17(24-2)18(13-14)25-3;;/h4-13H,1-3H3,(H,21,22);;/q-1;;/b12-10+;;.